The van der Waals surface area contributed by atoms with Crippen molar-refractivity contribution in [2.75, 3.05) is 39.6 Å². The maximum absolute atomic E-state index is 13.0. The predicted octanol–water partition coefficient (Wildman–Crippen LogP) is 19.3. The first-order valence-corrected chi connectivity index (χ1v) is 38.8. The molecule has 0 saturated carbocycles. The summed E-state index contributed by atoms with van der Waals surface area (Å²) in [7, 11) is -9.90. The Labute approximate surface area is 537 Å². The molecule has 7 atom stereocenters. The molecule has 0 heterocycles. The number of rotatable bonds is 66. The second-order valence-corrected chi connectivity index (χ2v) is 29.3. The van der Waals surface area contributed by atoms with E-state index < -0.39 is 97.5 Å². The van der Waals surface area contributed by atoms with Gasteiger partial charge in [-0.05, 0) is 49.4 Å². The highest BCUT2D eigenvalue weighted by molar-refractivity contribution is 7.47. The van der Waals surface area contributed by atoms with Crippen molar-refractivity contribution in [3.05, 3.63) is 0 Å². The van der Waals surface area contributed by atoms with Gasteiger partial charge in [0.2, 0.25) is 0 Å². The number of aliphatic hydroxyl groups is 1. The third-order valence-corrected chi connectivity index (χ3v) is 18.4. The van der Waals surface area contributed by atoms with Crippen LogP contribution in [0.1, 0.15) is 338 Å². The Morgan fingerprint density at radius 3 is 0.807 bits per heavy atom. The molecule has 0 aromatic heterocycles. The van der Waals surface area contributed by atoms with Gasteiger partial charge in [-0.3, -0.25) is 37.3 Å². The lowest BCUT2D eigenvalue weighted by molar-refractivity contribution is -0.161. The average molecular weight is 1300 g/mol. The highest BCUT2D eigenvalue weighted by Gasteiger charge is 2.30. The van der Waals surface area contributed by atoms with Crippen LogP contribution in [0.3, 0.4) is 0 Å². The smallest absolute Gasteiger partial charge is 0.462 e. The molecule has 0 aliphatic carbocycles. The van der Waals surface area contributed by atoms with E-state index in [1.807, 2.05) is 0 Å². The molecule has 0 bridgehead atoms. The lowest BCUT2D eigenvalue weighted by atomic mass is 9.99. The largest absolute Gasteiger partial charge is 0.472 e. The minimum atomic E-state index is -4.95. The lowest BCUT2D eigenvalue weighted by Gasteiger charge is -2.21. The first-order chi connectivity index (χ1) is 42.2. The van der Waals surface area contributed by atoms with Crippen LogP contribution < -0.4 is 0 Å². The van der Waals surface area contributed by atoms with Crippen molar-refractivity contribution in [2.24, 2.45) is 23.7 Å². The van der Waals surface area contributed by atoms with E-state index in [2.05, 4.69) is 55.4 Å². The van der Waals surface area contributed by atoms with Crippen LogP contribution in [-0.2, 0) is 65.4 Å². The number of carbonyl (C=O) groups is 4. The topological polar surface area (TPSA) is 237 Å². The number of hydrogen-bond donors (Lipinski definition) is 3. The fraction of sp³-hybridized carbons (Fsp3) is 0.942. The van der Waals surface area contributed by atoms with Gasteiger partial charge in [-0.1, -0.05) is 287 Å². The molecule has 0 rings (SSSR count). The summed E-state index contributed by atoms with van der Waals surface area (Å²) in [5.41, 5.74) is 0. The van der Waals surface area contributed by atoms with Crippen LogP contribution >= 0.6 is 15.6 Å². The summed E-state index contributed by atoms with van der Waals surface area (Å²) in [5.74, 6) is 0.891. The number of aliphatic hydroxyl groups excluding tert-OH is 1. The van der Waals surface area contributed by atoms with Gasteiger partial charge < -0.3 is 33.8 Å². The van der Waals surface area contributed by atoms with Crippen LogP contribution in [0.4, 0.5) is 0 Å². The van der Waals surface area contributed by atoms with Crippen LogP contribution in [0.2, 0.25) is 0 Å². The van der Waals surface area contributed by atoms with Crippen molar-refractivity contribution in [1.82, 2.24) is 0 Å². The van der Waals surface area contributed by atoms with Crippen LogP contribution in [0.5, 0.6) is 0 Å². The fourth-order valence-corrected chi connectivity index (χ4v) is 11.8. The van der Waals surface area contributed by atoms with Crippen LogP contribution in [-0.4, -0.2) is 96.7 Å². The summed E-state index contributed by atoms with van der Waals surface area (Å²) in [4.78, 5) is 72.5. The standard InChI is InChI=1S/C69H134O17P2/c1-9-61(7)47-39-31-23-16-19-27-35-43-51-68(73)85-64(55-79-66(71)49-41-33-25-14-12-11-13-21-29-37-45-59(3)4)57-83-87(75,76)81-53-63(70)54-82-88(77,78)84-58-65(56-80-67(72)50-42-34-26-18-15-22-30-38-46-60(5)6)86-69(74)52-44-36-28-20-17-24-32-40-48-62(8)10-2/h59-65,70H,9-58H2,1-8H3,(H,75,76)(H,77,78)/t61?,62?,63?,64-,65-/m1/s1. The summed E-state index contributed by atoms with van der Waals surface area (Å²) < 4.78 is 68.2. The number of carbonyl (C=O) groups excluding carboxylic acids is 4. The Bertz CT molecular complexity index is 1750. The monoisotopic (exact) mass is 1300 g/mol. The van der Waals surface area contributed by atoms with Gasteiger partial charge in [0.25, 0.3) is 0 Å². The molecule has 19 heteroatoms. The van der Waals surface area contributed by atoms with E-state index in [-0.39, 0.29) is 25.7 Å². The second-order valence-electron chi connectivity index (χ2n) is 26.4. The molecule has 0 fully saturated rings. The Morgan fingerprint density at radius 1 is 0.318 bits per heavy atom. The summed E-state index contributed by atoms with van der Waals surface area (Å²) in [6.45, 7) is 14.1. The van der Waals surface area contributed by atoms with Crippen molar-refractivity contribution >= 4 is 39.5 Å². The van der Waals surface area contributed by atoms with Crippen molar-refractivity contribution in [2.45, 2.75) is 356 Å². The van der Waals surface area contributed by atoms with E-state index in [0.29, 0.717) is 25.7 Å². The number of unbranched alkanes of at least 4 members (excludes halogenated alkanes) is 30. The minimum Gasteiger partial charge on any atom is -0.462 e. The average Bonchev–Trinajstić information content (AvgIpc) is 3.57. The van der Waals surface area contributed by atoms with Crippen LogP contribution in [0.15, 0.2) is 0 Å². The van der Waals surface area contributed by atoms with Gasteiger partial charge in [-0.25, -0.2) is 9.13 Å². The molecule has 0 spiro atoms. The summed E-state index contributed by atoms with van der Waals surface area (Å²) >= 11 is 0. The zero-order chi connectivity index (χ0) is 65.4. The Morgan fingerprint density at radius 2 is 0.545 bits per heavy atom. The highest BCUT2D eigenvalue weighted by atomic mass is 31.2. The summed E-state index contributed by atoms with van der Waals surface area (Å²) in [5, 5.41) is 10.6. The molecular formula is C69H134O17P2. The van der Waals surface area contributed by atoms with Gasteiger partial charge in [-0.15, -0.1) is 0 Å². The van der Waals surface area contributed by atoms with Gasteiger partial charge in [0.1, 0.15) is 19.3 Å². The van der Waals surface area contributed by atoms with Gasteiger partial charge in [0.05, 0.1) is 26.4 Å². The third kappa shape index (κ3) is 60.3. The number of ether oxygens (including phenoxy) is 4. The molecule has 0 aromatic rings. The van der Waals surface area contributed by atoms with Gasteiger partial charge >= 0.3 is 39.5 Å². The van der Waals surface area contributed by atoms with Crippen LogP contribution in [0.25, 0.3) is 0 Å². The maximum atomic E-state index is 13.0. The third-order valence-electron chi connectivity index (χ3n) is 16.5. The zero-order valence-electron chi connectivity index (χ0n) is 57.3. The zero-order valence-corrected chi connectivity index (χ0v) is 59.1. The van der Waals surface area contributed by atoms with Crippen LogP contribution in [0, 0.1) is 23.7 Å². The number of esters is 4. The molecule has 88 heavy (non-hydrogen) atoms. The molecular weight excluding hydrogens is 1160 g/mol. The van der Waals surface area contributed by atoms with Crippen molar-refractivity contribution in [3.63, 3.8) is 0 Å². The summed E-state index contributed by atoms with van der Waals surface area (Å²) in [6.07, 6.45) is 40.2. The van der Waals surface area contributed by atoms with E-state index >= 15 is 0 Å². The Hall–Kier alpha value is -1.94. The number of phosphoric ester groups is 2. The molecule has 3 N–H and O–H groups in total. The van der Waals surface area contributed by atoms with Crippen molar-refractivity contribution in [3.8, 4) is 0 Å². The molecule has 17 nitrogen and oxygen atoms in total. The predicted molar refractivity (Wildman–Crippen MR) is 354 cm³/mol. The SMILES string of the molecule is CCC(C)CCCCCCCCCCC(=O)O[C@H](COC(=O)CCCCCCCCCCCCC(C)C)COP(=O)(O)OCC(O)COP(=O)(O)OC[C@@H](COC(=O)CCCCCCCCCCC(C)C)OC(=O)CCCCCCCCCCC(C)CC. The number of hydrogen-bond acceptors (Lipinski definition) is 15. The van der Waals surface area contributed by atoms with Crippen molar-refractivity contribution in [1.29, 1.82) is 0 Å². The Balaban J connectivity index is 5.28. The highest BCUT2D eigenvalue weighted by Crippen LogP contribution is 2.45. The Kier molecular flexibility index (Phi) is 57.6. The molecule has 0 aliphatic rings. The molecule has 0 radical (unpaired) electrons. The quantitative estimate of drug-likeness (QED) is 0.0222. The van der Waals surface area contributed by atoms with E-state index in [4.69, 9.17) is 37.0 Å². The van der Waals surface area contributed by atoms with E-state index in [1.54, 1.807) is 0 Å². The molecule has 5 unspecified atom stereocenters. The molecule has 0 saturated heterocycles. The fourth-order valence-electron chi connectivity index (χ4n) is 10.2. The van der Waals surface area contributed by atoms with E-state index in [0.717, 1.165) is 114 Å². The van der Waals surface area contributed by atoms with Crippen molar-refractivity contribution < 1.29 is 80.2 Å². The first kappa shape index (κ1) is 86.1. The molecule has 522 valence electrons. The molecule has 0 aliphatic heterocycles. The molecule has 0 amide bonds. The van der Waals surface area contributed by atoms with E-state index in [9.17, 15) is 43.2 Å². The lowest BCUT2D eigenvalue weighted by Crippen LogP contribution is -2.30. The normalized spacial score (nSPS) is 14.9. The van der Waals surface area contributed by atoms with Gasteiger partial charge in [-0.2, -0.15) is 0 Å². The first-order valence-electron chi connectivity index (χ1n) is 35.8. The minimum absolute atomic E-state index is 0.104. The number of phosphoric acid groups is 2. The van der Waals surface area contributed by atoms with Gasteiger partial charge in [0, 0.05) is 25.7 Å². The maximum Gasteiger partial charge on any atom is 0.472 e. The second kappa shape index (κ2) is 58.8. The van der Waals surface area contributed by atoms with E-state index in [1.165, 1.54) is 141 Å². The van der Waals surface area contributed by atoms with Gasteiger partial charge in [0.15, 0.2) is 12.2 Å². The summed E-state index contributed by atoms with van der Waals surface area (Å²) in [6, 6.07) is 0. The molecule has 0 aromatic carbocycles.